The first-order valence-corrected chi connectivity index (χ1v) is 8.89. The van der Waals surface area contributed by atoms with E-state index in [1.165, 1.54) is 0 Å². The maximum atomic E-state index is 12.4. The van der Waals surface area contributed by atoms with Crippen molar-refractivity contribution in [1.29, 1.82) is 0 Å². The number of hydrogen-bond donors (Lipinski definition) is 0. The SMILES string of the molecule is CCOC(=O)C(C)(C)c1ccc2c(n1)N(C(=O)OCC(C)C)CCC2. The van der Waals surface area contributed by atoms with Gasteiger partial charge in [-0.1, -0.05) is 19.9 Å². The van der Waals surface area contributed by atoms with Crippen LogP contribution in [0.3, 0.4) is 0 Å². The van der Waals surface area contributed by atoms with Gasteiger partial charge in [0, 0.05) is 6.54 Å². The molecule has 1 amide bonds. The van der Waals surface area contributed by atoms with Crippen molar-refractivity contribution in [2.45, 2.75) is 52.9 Å². The molecular formula is C19H28N2O4. The summed E-state index contributed by atoms with van der Waals surface area (Å²) in [6, 6.07) is 3.79. The monoisotopic (exact) mass is 348 g/mol. The number of ether oxygens (including phenoxy) is 2. The highest BCUT2D eigenvalue weighted by Crippen LogP contribution is 2.31. The molecule has 0 spiro atoms. The van der Waals surface area contributed by atoms with E-state index in [1.54, 1.807) is 25.7 Å². The van der Waals surface area contributed by atoms with Gasteiger partial charge in [0.15, 0.2) is 0 Å². The zero-order chi connectivity index (χ0) is 18.6. The summed E-state index contributed by atoms with van der Waals surface area (Å²) in [5.41, 5.74) is 0.708. The number of carbonyl (C=O) groups is 2. The lowest BCUT2D eigenvalue weighted by Gasteiger charge is -2.30. The van der Waals surface area contributed by atoms with Crippen molar-refractivity contribution in [2.75, 3.05) is 24.7 Å². The van der Waals surface area contributed by atoms with Crippen LogP contribution in [0.4, 0.5) is 10.6 Å². The quantitative estimate of drug-likeness (QED) is 0.762. The molecule has 0 radical (unpaired) electrons. The molecule has 0 aliphatic carbocycles. The number of aryl methyl sites for hydroxylation is 1. The van der Waals surface area contributed by atoms with Gasteiger partial charge in [0.2, 0.25) is 0 Å². The largest absolute Gasteiger partial charge is 0.465 e. The molecule has 0 bridgehead atoms. The maximum Gasteiger partial charge on any atom is 0.415 e. The van der Waals surface area contributed by atoms with Crippen molar-refractivity contribution >= 4 is 17.9 Å². The molecule has 0 aromatic carbocycles. The van der Waals surface area contributed by atoms with Gasteiger partial charge >= 0.3 is 12.1 Å². The molecule has 6 heteroatoms. The van der Waals surface area contributed by atoms with E-state index in [0.717, 1.165) is 18.4 Å². The normalized spacial score (nSPS) is 14.2. The van der Waals surface area contributed by atoms with Gasteiger partial charge in [-0.25, -0.2) is 9.78 Å². The standard InChI is InChI=1S/C19H28N2O4/c1-6-24-17(22)19(4,5)15-10-9-14-8-7-11-21(16(14)20-15)18(23)25-12-13(2)3/h9-10,13H,6-8,11-12H2,1-5H3. The highest BCUT2D eigenvalue weighted by Gasteiger charge is 2.35. The molecule has 1 aliphatic rings. The molecule has 0 saturated heterocycles. The molecule has 0 N–H and O–H groups in total. The molecule has 2 heterocycles. The van der Waals surface area contributed by atoms with Crippen LogP contribution < -0.4 is 4.90 Å². The summed E-state index contributed by atoms with van der Waals surface area (Å²) in [7, 11) is 0. The van der Waals surface area contributed by atoms with Gasteiger partial charge < -0.3 is 9.47 Å². The fourth-order valence-electron chi connectivity index (χ4n) is 2.70. The van der Waals surface area contributed by atoms with E-state index in [9.17, 15) is 9.59 Å². The van der Waals surface area contributed by atoms with Crippen LogP contribution in [-0.4, -0.2) is 36.8 Å². The van der Waals surface area contributed by atoms with Gasteiger partial charge in [-0.15, -0.1) is 0 Å². The van der Waals surface area contributed by atoms with Crippen LogP contribution >= 0.6 is 0 Å². The number of rotatable bonds is 5. The van der Waals surface area contributed by atoms with Crippen LogP contribution in [0.15, 0.2) is 12.1 Å². The number of nitrogens with zero attached hydrogens (tertiary/aromatic N) is 2. The molecular weight excluding hydrogens is 320 g/mol. The summed E-state index contributed by atoms with van der Waals surface area (Å²) in [5.74, 6) is 0.539. The van der Waals surface area contributed by atoms with Crippen LogP contribution in [0.1, 0.15) is 52.3 Å². The minimum atomic E-state index is -0.879. The van der Waals surface area contributed by atoms with Gasteiger partial charge in [-0.05, 0) is 51.2 Å². The molecule has 1 aromatic rings. The van der Waals surface area contributed by atoms with Gasteiger partial charge in [-0.2, -0.15) is 0 Å². The fourth-order valence-corrected chi connectivity index (χ4v) is 2.70. The lowest BCUT2D eigenvalue weighted by Crippen LogP contribution is -2.39. The Balaban J connectivity index is 2.31. The van der Waals surface area contributed by atoms with Gasteiger partial charge in [0.1, 0.15) is 11.2 Å². The van der Waals surface area contributed by atoms with E-state index in [-0.39, 0.29) is 18.0 Å². The minimum absolute atomic E-state index is 0.273. The van der Waals surface area contributed by atoms with Crippen molar-refractivity contribution in [3.05, 3.63) is 23.4 Å². The summed E-state index contributed by atoms with van der Waals surface area (Å²) >= 11 is 0. The lowest BCUT2D eigenvalue weighted by molar-refractivity contribution is -0.148. The van der Waals surface area contributed by atoms with E-state index in [0.29, 0.717) is 31.3 Å². The lowest BCUT2D eigenvalue weighted by atomic mass is 9.88. The first kappa shape index (κ1) is 19.2. The third-order valence-corrected chi connectivity index (χ3v) is 4.23. The second kappa shape index (κ2) is 7.85. The van der Waals surface area contributed by atoms with Gasteiger partial charge in [0.05, 0.1) is 18.9 Å². The number of carbonyl (C=O) groups excluding carboxylic acids is 2. The zero-order valence-corrected chi connectivity index (χ0v) is 15.8. The van der Waals surface area contributed by atoms with E-state index < -0.39 is 5.41 Å². The number of pyridine rings is 1. The van der Waals surface area contributed by atoms with Crippen LogP contribution in [0.2, 0.25) is 0 Å². The Kier molecular flexibility index (Phi) is 6.03. The van der Waals surface area contributed by atoms with E-state index in [1.807, 2.05) is 26.0 Å². The molecule has 0 unspecified atom stereocenters. The fraction of sp³-hybridized carbons (Fsp3) is 0.632. The highest BCUT2D eigenvalue weighted by molar-refractivity contribution is 5.88. The average molecular weight is 348 g/mol. The third kappa shape index (κ3) is 4.30. The first-order valence-electron chi connectivity index (χ1n) is 8.89. The third-order valence-electron chi connectivity index (χ3n) is 4.23. The zero-order valence-electron chi connectivity index (χ0n) is 15.8. The first-order chi connectivity index (χ1) is 11.8. The highest BCUT2D eigenvalue weighted by atomic mass is 16.6. The summed E-state index contributed by atoms with van der Waals surface area (Å²) in [6.07, 6.45) is 1.34. The Morgan fingerprint density at radius 1 is 1.28 bits per heavy atom. The second-order valence-electron chi connectivity index (χ2n) is 7.25. The van der Waals surface area contributed by atoms with Crippen molar-refractivity contribution < 1.29 is 19.1 Å². The molecule has 2 rings (SSSR count). The molecule has 25 heavy (non-hydrogen) atoms. The predicted octanol–water partition coefficient (Wildman–Crippen LogP) is 3.47. The van der Waals surface area contributed by atoms with E-state index >= 15 is 0 Å². The van der Waals surface area contributed by atoms with Crippen molar-refractivity contribution in [3.8, 4) is 0 Å². The number of fused-ring (bicyclic) bond motifs is 1. The summed E-state index contributed by atoms with van der Waals surface area (Å²) in [6.45, 7) is 10.6. The molecule has 0 atom stereocenters. The van der Waals surface area contributed by atoms with Gasteiger partial charge in [0.25, 0.3) is 0 Å². The van der Waals surface area contributed by atoms with Crippen LogP contribution in [0.5, 0.6) is 0 Å². The molecule has 138 valence electrons. The second-order valence-corrected chi connectivity index (χ2v) is 7.25. The Bertz CT molecular complexity index is 640. The number of hydrogen-bond acceptors (Lipinski definition) is 5. The number of amides is 1. The topological polar surface area (TPSA) is 68.7 Å². The van der Waals surface area contributed by atoms with E-state index in [4.69, 9.17) is 9.47 Å². The number of anilines is 1. The van der Waals surface area contributed by atoms with Crippen LogP contribution in [0, 0.1) is 5.92 Å². The maximum absolute atomic E-state index is 12.4. The Morgan fingerprint density at radius 3 is 2.64 bits per heavy atom. The van der Waals surface area contributed by atoms with Crippen LogP contribution in [-0.2, 0) is 26.1 Å². The van der Waals surface area contributed by atoms with Crippen LogP contribution in [0.25, 0.3) is 0 Å². The summed E-state index contributed by atoms with van der Waals surface area (Å²) in [5, 5.41) is 0. The Labute approximate surface area is 149 Å². The Morgan fingerprint density at radius 2 is 2.00 bits per heavy atom. The smallest absolute Gasteiger partial charge is 0.415 e. The summed E-state index contributed by atoms with van der Waals surface area (Å²) < 4.78 is 10.5. The number of esters is 1. The predicted molar refractivity (Wildman–Crippen MR) is 95.7 cm³/mol. The van der Waals surface area contributed by atoms with Crippen molar-refractivity contribution in [3.63, 3.8) is 0 Å². The molecule has 1 aliphatic heterocycles. The van der Waals surface area contributed by atoms with E-state index in [2.05, 4.69) is 4.98 Å². The van der Waals surface area contributed by atoms with Crippen molar-refractivity contribution in [1.82, 2.24) is 4.98 Å². The minimum Gasteiger partial charge on any atom is -0.465 e. The van der Waals surface area contributed by atoms with Gasteiger partial charge in [-0.3, -0.25) is 9.69 Å². The average Bonchev–Trinajstić information content (AvgIpc) is 2.58. The summed E-state index contributed by atoms with van der Waals surface area (Å²) in [4.78, 5) is 30.9. The van der Waals surface area contributed by atoms with Crippen molar-refractivity contribution in [2.24, 2.45) is 5.92 Å². The molecule has 1 aromatic heterocycles. The Hall–Kier alpha value is -2.11. The molecule has 0 fully saturated rings. The molecule has 0 saturated carbocycles. The molecule has 6 nitrogen and oxygen atoms in total. The number of aromatic nitrogens is 1.